The Morgan fingerprint density at radius 2 is 1.77 bits per heavy atom. The first-order chi connectivity index (χ1) is 10.6. The van der Waals surface area contributed by atoms with E-state index < -0.39 is 15.4 Å². The molecule has 0 spiro atoms. The molecule has 1 aliphatic rings. The van der Waals surface area contributed by atoms with Crippen LogP contribution in [0.5, 0.6) is 0 Å². The van der Waals surface area contributed by atoms with Gasteiger partial charge in [-0.25, -0.2) is 8.42 Å². The molecule has 3 rings (SSSR count). The molecule has 0 aliphatic carbocycles. The Labute approximate surface area is 134 Å². The lowest BCUT2D eigenvalue weighted by Crippen LogP contribution is -2.44. The highest BCUT2D eigenvalue weighted by Gasteiger charge is 2.40. The number of rotatable bonds is 3. The molecule has 22 heavy (non-hydrogen) atoms. The molecule has 0 unspecified atom stereocenters. The lowest BCUT2D eigenvalue weighted by molar-refractivity contribution is 0.277. The van der Waals surface area contributed by atoms with E-state index >= 15 is 0 Å². The smallest absolute Gasteiger partial charge is 0.206 e. The molecule has 1 fully saturated rings. The SMILES string of the molecule is N#CC1(c2ccccc2)CCN(S(=O)(=O)c2cccs2)CC1. The summed E-state index contributed by atoms with van der Waals surface area (Å²) in [6.07, 6.45) is 1.05. The maximum absolute atomic E-state index is 12.5. The van der Waals surface area contributed by atoms with Crippen LogP contribution in [0.25, 0.3) is 0 Å². The zero-order valence-electron chi connectivity index (χ0n) is 12.0. The van der Waals surface area contributed by atoms with Crippen molar-refractivity contribution in [3.63, 3.8) is 0 Å². The third-order valence-corrected chi connectivity index (χ3v) is 7.48. The summed E-state index contributed by atoms with van der Waals surface area (Å²) in [5.41, 5.74) is 0.397. The van der Waals surface area contributed by atoms with Gasteiger partial charge in [-0.05, 0) is 29.9 Å². The van der Waals surface area contributed by atoms with Crippen molar-refractivity contribution in [2.45, 2.75) is 22.5 Å². The Hall–Kier alpha value is -1.68. The fourth-order valence-corrected chi connectivity index (χ4v) is 5.45. The number of hydrogen-bond donors (Lipinski definition) is 0. The van der Waals surface area contributed by atoms with Gasteiger partial charge in [0.25, 0.3) is 10.0 Å². The summed E-state index contributed by atoms with van der Waals surface area (Å²) in [6, 6.07) is 15.5. The van der Waals surface area contributed by atoms with Crippen molar-refractivity contribution in [2.24, 2.45) is 0 Å². The second kappa shape index (κ2) is 5.84. The summed E-state index contributed by atoms with van der Waals surface area (Å²) in [5.74, 6) is 0. The summed E-state index contributed by atoms with van der Waals surface area (Å²) in [5, 5.41) is 11.4. The second-order valence-corrected chi connectivity index (χ2v) is 8.51. The van der Waals surface area contributed by atoms with E-state index in [-0.39, 0.29) is 0 Å². The normalized spacial score (nSPS) is 18.7. The zero-order valence-corrected chi connectivity index (χ0v) is 13.6. The molecule has 1 aliphatic heterocycles. The van der Waals surface area contributed by atoms with Gasteiger partial charge in [0.1, 0.15) is 4.21 Å². The summed E-state index contributed by atoms with van der Waals surface area (Å²) in [6.45, 7) is 0.755. The monoisotopic (exact) mass is 332 g/mol. The number of thiophene rings is 1. The number of hydrogen-bond acceptors (Lipinski definition) is 4. The van der Waals surface area contributed by atoms with Crippen molar-refractivity contribution < 1.29 is 8.42 Å². The van der Waals surface area contributed by atoms with Gasteiger partial charge in [-0.3, -0.25) is 0 Å². The summed E-state index contributed by atoms with van der Waals surface area (Å²) < 4.78 is 26.9. The van der Waals surface area contributed by atoms with Crippen LogP contribution >= 0.6 is 11.3 Å². The average Bonchev–Trinajstić information content (AvgIpc) is 3.11. The molecule has 4 nitrogen and oxygen atoms in total. The predicted octanol–water partition coefficient (Wildman–Crippen LogP) is 2.99. The van der Waals surface area contributed by atoms with E-state index in [1.165, 1.54) is 15.6 Å². The molecule has 2 aromatic rings. The van der Waals surface area contributed by atoms with E-state index in [0.717, 1.165) is 5.56 Å². The van der Waals surface area contributed by atoms with E-state index in [2.05, 4.69) is 6.07 Å². The molecule has 1 saturated heterocycles. The molecule has 1 aromatic carbocycles. The van der Waals surface area contributed by atoms with Gasteiger partial charge in [-0.1, -0.05) is 36.4 Å². The van der Waals surface area contributed by atoms with Crippen molar-refractivity contribution in [3.8, 4) is 6.07 Å². The topological polar surface area (TPSA) is 61.2 Å². The Morgan fingerprint density at radius 3 is 2.32 bits per heavy atom. The molecule has 1 aromatic heterocycles. The maximum Gasteiger partial charge on any atom is 0.252 e. The Bertz CT molecular complexity index is 769. The molecular formula is C16H16N2O2S2. The standard InChI is InChI=1S/C16H16N2O2S2/c17-13-16(14-5-2-1-3-6-14)8-10-18(11-9-16)22(19,20)15-7-4-12-21-15/h1-7,12H,8-11H2. The minimum atomic E-state index is -3.42. The molecule has 0 N–H and O–H groups in total. The van der Waals surface area contributed by atoms with Crippen LogP contribution in [0.4, 0.5) is 0 Å². The highest BCUT2D eigenvalue weighted by molar-refractivity contribution is 7.91. The van der Waals surface area contributed by atoms with Gasteiger partial charge in [0.2, 0.25) is 0 Å². The van der Waals surface area contributed by atoms with Gasteiger partial charge in [-0.15, -0.1) is 11.3 Å². The van der Waals surface area contributed by atoms with Crippen molar-refractivity contribution in [1.82, 2.24) is 4.31 Å². The zero-order chi connectivity index (χ0) is 15.6. The number of sulfonamides is 1. The van der Waals surface area contributed by atoms with Crippen molar-refractivity contribution >= 4 is 21.4 Å². The number of piperidine rings is 1. The predicted molar refractivity (Wildman–Crippen MR) is 86.0 cm³/mol. The molecular weight excluding hydrogens is 316 g/mol. The van der Waals surface area contributed by atoms with E-state index in [4.69, 9.17) is 0 Å². The highest BCUT2D eigenvalue weighted by atomic mass is 32.2. The van der Waals surface area contributed by atoms with Gasteiger partial charge in [0, 0.05) is 13.1 Å². The highest BCUT2D eigenvalue weighted by Crippen LogP contribution is 2.36. The second-order valence-electron chi connectivity index (χ2n) is 5.40. The van der Waals surface area contributed by atoms with Crippen LogP contribution in [-0.2, 0) is 15.4 Å². The van der Waals surface area contributed by atoms with Gasteiger partial charge in [0.05, 0.1) is 11.5 Å². The number of benzene rings is 1. The van der Waals surface area contributed by atoms with Crippen LogP contribution < -0.4 is 0 Å². The van der Waals surface area contributed by atoms with Gasteiger partial charge >= 0.3 is 0 Å². The fourth-order valence-electron chi connectivity index (χ4n) is 2.87. The molecule has 0 radical (unpaired) electrons. The molecule has 114 valence electrons. The van der Waals surface area contributed by atoms with Crippen molar-refractivity contribution in [2.75, 3.05) is 13.1 Å². The van der Waals surface area contributed by atoms with Gasteiger partial charge in [-0.2, -0.15) is 9.57 Å². The summed E-state index contributed by atoms with van der Waals surface area (Å²) >= 11 is 1.23. The first-order valence-electron chi connectivity index (χ1n) is 7.09. The largest absolute Gasteiger partial charge is 0.252 e. The minimum absolute atomic E-state index is 0.372. The first kappa shape index (κ1) is 15.2. The van der Waals surface area contributed by atoms with Gasteiger partial charge in [0.15, 0.2) is 0 Å². The van der Waals surface area contributed by atoms with Crippen molar-refractivity contribution in [3.05, 3.63) is 53.4 Å². The average molecular weight is 332 g/mol. The molecule has 0 amide bonds. The Kier molecular flexibility index (Phi) is 4.04. The van der Waals surface area contributed by atoms with E-state index in [9.17, 15) is 13.7 Å². The lowest BCUT2D eigenvalue weighted by Gasteiger charge is -2.36. The third-order valence-electron chi connectivity index (χ3n) is 4.21. The van der Waals surface area contributed by atoms with Crippen LogP contribution in [0, 0.1) is 11.3 Å². The molecule has 0 bridgehead atoms. The fraction of sp³-hybridized carbons (Fsp3) is 0.312. The van der Waals surface area contributed by atoms with Crippen LogP contribution in [-0.4, -0.2) is 25.8 Å². The lowest BCUT2D eigenvalue weighted by atomic mass is 9.74. The third kappa shape index (κ3) is 2.56. The molecule has 2 heterocycles. The van der Waals surface area contributed by atoms with Gasteiger partial charge < -0.3 is 0 Å². The first-order valence-corrected chi connectivity index (χ1v) is 9.41. The van der Waals surface area contributed by atoms with E-state index in [0.29, 0.717) is 30.1 Å². The Balaban J connectivity index is 1.82. The Morgan fingerprint density at radius 1 is 1.09 bits per heavy atom. The van der Waals surface area contributed by atoms with Crippen LogP contribution in [0.3, 0.4) is 0 Å². The van der Waals surface area contributed by atoms with E-state index in [1.807, 2.05) is 30.3 Å². The maximum atomic E-state index is 12.5. The van der Waals surface area contributed by atoms with E-state index in [1.54, 1.807) is 17.5 Å². The van der Waals surface area contributed by atoms with Crippen LogP contribution in [0.2, 0.25) is 0 Å². The molecule has 6 heteroatoms. The number of nitrogens with zero attached hydrogens (tertiary/aromatic N) is 2. The molecule has 0 atom stereocenters. The van der Waals surface area contributed by atoms with Crippen LogP contribution in [0.1, 0.15) is 18.4 Å². The van der Waals surface area contributed by atoms with Crippen molar-refractivity contribution in [1.29, 1.82) is 5.26 Å². The minimum Gasteiger partial charge on any atom is -0.206 e. The quantitative estimate of drug-likeness (QED) is 0.868. The number of nitriles is 1. The summed E-state index contributed by atoms with van der Waals surface area (Å²) in [4.78, 5) is 0. The van der Waals surface area contributed by atoms with Crippen LogP contribution in [0.15, 0.2) is 52.1 Å². The molecule has 0 saturated carbocycles. The summed E-state index contributed by atoms with van der Waals surface area (Å²) in [7, 11) is -3.42.